The fourth-order valence-corrected chi connectivity index (χ4v) is 3.57. The van der Waals surface area contributed by atoms with Crippen molar-refractivity contribution < 1.29 is 14.0 Å². The van der Waals surface area contributed by atoms with Crippen LogP contribution in [0.5, 0.6) is 0 Å². The quantitative estimate of drug-likeness (QED) is 0.359. The van der Waals surface area contributed by atoms with Crippen molar-refractivity contribution in [2.45, 2.75) is 0 Å². The fourth-order valence-electron chi connectivity index (χ4n) is 3.57. The van der Waals surface area contributed by atoms with Gasteiger partial charge in [-0.2, -0.15) is 5.10 Å². The van der Waals surface area contributed by atoms with E-state index in [1.165, 1.54) is 18.3 Å². The molecular weight excluding hydrogens is 459 g/mol. The van der Waals surface area contributed by atoms with Crippen molar-refractivity contribution in [2.75, 3.05) is 10.6 Å². The molecule has 0 aliphatic carbocycles. The van der Waals surface area contributed by atoms with Crippen LogP contribution < -0.4 is 10.6 Å². The number of aromatic nitrogens is 4. The van der Waals surface area contributed by atoms with Crippen molar-refractivity contribution in [3.63, 3.8) is 0 Å². The molecule has 0 saturated carbocycles. The Balaban J connectivity index is 1.49. The highest BCUT2D eigenvalue weighted by Gasteiger charge is 2.21. The number of pyridine rings is 2. The Kier molecular flexibility index (Phi) is 6.27. The molecule has 5 aromatic rings. The summed E-state index contributed by atoms with van der Waals surface area (Å²) in [5, 5.41) is 9.99. The van der Waals surface area contributed by atoms with Crippen molar-refractivity contribution in [2.24, 2.45) is 0 Å². The van der Waals surface area contributed by atoms with Crippen LogP contribution in [0.3, 0.4) is 0 Å². The van der Waals surface area contributed by atoms with Gasteiger partial charge in [0.1, 0.15) is 17.2 Å². The smallest absolute Gasteiger partial charge is 0.274 e. The molecule has 0 spiro atoms. The van der Waals surface area contributed by atoms with Gasteiger partial charge in [-0.25, -0.2) is 9.07 Å². The number of nitrogens with one attached hydrogen (secondary N) is 2. The summed E-state index contributed by atoms with van der Waals surface area (Å²) in [6.45, 7) is 0. The summed E-state index contributed by atoms with van der Waals surface area (Å²) in [6, 6.07) is 21.5. The highest BCUT2D eigenvalue weighted by molar-refractivity contribution is 6.11. The van der Waals surface area contributed by atoms with Crippen LogP contribution in [0, 0.1) is 5.82 Å². The fraction of sp³-hybridized carbons (Fsp3) is 0. The van der Waals surface area contributed by atoms with Gasteiger partial charge in [0.25, 0.3) is 11.8 Å². The van der Waals surface area contributed by atoms with Gasteiger partial charge in [-0.1, -0.05) is 24.3 Å². The minimum absolute atomic E-state index is 0.0916. The molecule has 5 rings (SSSR count). The number of carbonyl (C=O) groups excluding carboxylic acids is 2. The molecule has 0 aliphatic rings. The number of halogens is 1. The number of hydrogen-bond donors (Lipinski definition) is 2. The number of hydrogen-bond acceptors (Lipinski definition) is 5. The summed E-state index contributed by atoms with van der Waals surface area (Å²) in [7, 11) is 0. The molecule has 0 bridgehead atoms. The standard InChI is InChI=1S/C27H19FN6O2/c28-19-11-12-22(31-27(36)23-10-4-5-14-30-23)24(15-19)32-26(35)21-17-34(20-8-2-1-3-9-20)33-25(21)18-7-6-13-29-16-18/h1-17H,(H,31,36)(H,32,35). The van der Waals surface area contributed by atoms with Gasteiger partial charge in [0.15, 0.2) is 0 Å². The zero-order valence-electron chi connectivity index (χ0n) is 18.8. The van der Waals surface area contributed by atoms with Crippen LogP contribution in [0.4, 0.5) is 15.8 Å². The molecule has 2 amide bonds. The summed E-state index contributed by atoms with van der Waals surface area (Å²) >= 11 is 0. The lowest BCUT2D eigenvalue weighted by Gasteiger charge is -2.12. The SMILES string of the molecule is O=C(Nc1ccc(F)cc1NC(=O)c1cn(-c2ccccc2)nc1-c1cccnc1)c1ccccn1. The summed E-state index contributed by atoms with van der Waals surface area (Å²) in [5.41, 5.74) is 2.55. The average molecular weight is 478 g/mol. The van der Waals surface area contributed by atoms with E-state index >= 15 is 0 Å². The first-order valence-electron chi connectivity index (χ1n) is 11.0. The molecule has 0 aliphatic heterocycles. The Morgan fingerprint density at radius 2 is 1.61 bits per heavy atom. The molecule has 176 valence electrons. The molecule has 3 heterocycles. The minimum Gasteiger partial charge on any atom is -0.320 e. The molecule has 0 saturated heterocycles. The molecule has 2 aromatic carbocycles. The molecule has 3 aromatic heterocycles. The Hall–Kier alpha value is -5.18. The van der Waals surface area contributed by atoms with E-state index in [9.17, 15) is 14.0 Å². The molecule has 0 fully saturated rings. The summed E-state index contributed by atoms with van der Waals surface area (Å²) in [5.74, 6) is -1.60. The van der Waals surface area contributed by atoms with Gasteiger partial charge in [-0.15, -0.1) is 0 Å². The van der Waals surface area contributed by atoms with Gasteiger partial charge in [-0.05, 0) is 54.6 Å². The Morgan fingerprint density at radius 1 is 0.806 bits per heavy atom. The molecule has 9 heteroatoms. The van der Waals surface area contributed by atoms with Crippen LogP contribution in [0.2, 0.25) is 0 Å². The lowest BCUT2D eigenvalue weighted by molar-refractivity contribution is 0.101. The van der Waals surface area contributed by atoms with E-state index in [4.69, 9.17) is 0 Å². The Morgan fingerprint density at radius 3 is 2.36 bits per heavy atom. The van der Waals surface area contributed by atoms with E-state index in [1.54, 1.807) is 53.6 Å². The van der Waals surface area contributed by atoms with Crippen LogP contribution in [0.15, 0.2) is 104 Å². The van der Waals surface area contributed by atoms with E-state index in [0.29, 0.717) is 11.3 Å². The number of benzene rings is 2. The molecule has 8 nitrogen and oxygen atoms in total. The van der Waals surface area contributed by atoms with Crippen LogP contribution in [-0.2, 0) is 0 Å². The molecular formula is C27H19FN6O2. The first-order valence-corrected chi connectivity index (χ1v) is 11.0. The third-order valence-corrected chi connectivity index (χ3v) is 5.29. The second-order valence-electron chi connectivity index (χ2n) is 7.73. The maximum Gasteiger partial charge on any atom is 0.274 e. The van der Waals surface area contributed by atoms with Gasteiger partial charge < -0.3 is 10.6 Å². The minimum atomic E-state index is -0.575. The van der Waals surface area contributed by atoms with Crippen LogP contribution in [0.25, 0.3) is 16.9 Å². The predicted octanol–water partition coefficient (Wildman–Crippen LogP) is 4.97. The van der Waals surface area contributed by atoms with Gasteiger partial charge in [-0.3, -0.25) is 19.6 Å². The van der Waals surface area contributed by atoms with E-state index in [1.807, 2.05) is 30.3 Å². The molecule has 0 unspecified atom stereocenters. The molecule has 0 radical (unpaired) electrons. The summed E-state index contributed by atoms with van der Waals surface area (Å²) in [4.78, 5) is 34.2. The second-order valence-corrected chi connectivity index (χ2v) is 7.73. The molecule has 36 heavy (non-hydrogen) atoms. The van der Waals surface area contributed by atoms with Crippen LogP contribution in [0.1, 0.15) is 20.8 Å². The van der Waals surface area contributed by atoms with E-state index < -0.39 is 17.6 Å². The van der Waals surface area contributed by atoms with Crippen molar-refractivity contribution in [1.82, 2.24) is 19.7 Å². The largest absolute Gasteiger partial charge is 0.320 e. The van der Waals surface area contributed by atoms with Gasteiger partial charge in [0, 0.05) is 30.4 Å². The third kappa shape index (κ3) is 4.85. The highest BCUT2D eigenvalue weighted by atomic mass is 19.1. The van der Waals surface area contributed by atoms with Crippen molar-refractivity contribution in [3.05, 3.63) is 121 Å². The number of amides is 2. The second kappa shape index (κ2) is 9.98. The maximum absolute atomic E-state index is 14.1. The lowest BCUT2D eigenvalue weighted by atomic mass is 10.1. The van der Waals surface area contributed by atoms with Gasteiger partial charge >= 0.3 is 0 Å². The molecule has 0 atom stereocenters. The number of anilines is 2. The topological polar surface area (TPSA) is 102 Å². The van der Waals surface area contributed by atoms with Gasteiger partial charge in [0.2, 0.25) is 0 Å². The zero-order valence-corrected chi connectivity index (χ0v) is 18.8. The summed E-state index contributed by atoms with van der Waals surface area (Å²) < 4.78 is 15.7. The Labute approximate surface area is 205 Å². The van der Waals surface area contributed by atoms with Crippen molar-refractivity contribution in [3.8, 4) is 16.9 Å². The van der Waals surface area contributed by atoms with E-state index in [-0.39, 0.29) is 22.6 Å². The first kappa shape index (κ1) is 22.6. The summed E-state index contributed by atoms with van der Waals surface area (Å²) in [6.07, 6.45) is 6.32. The van der Waals surface area contributed by atoms with E-state index in [0.717, 1.165) is 11.8 Å². The Bertz CT molecular complexity index is 1520. The van der Waals surface area contributed by atoms with Gasteiger partial charge in [0.05, 0.1) is 22.6 Å². The average Bonchev–Trinajstić information content (AvgIpc) is 3.38. The maximum atomic E-state index is 14.1. The molecule has 2 N–H and O–H groups in total. The first-order chi connectivity index (χ1) is 17.6. The van der Waals surface area contributed by atoms with Crippen molar-refractivity contribution >= 4 is 23.2 Å². The van der Waals surface area contributed by atoms with Crippen LogP contribution in [-0.4, -0.2) is 31.6 Å². The predicted molar refractivity (Wildman–Crippen MR) is 133 cm³/mol. The number of rotatable bonds is 6. The highest BCUT2D eigenvalue weighted by Crippen LogP contribution is 2.27. The number of nitrogens with zero attached hydrogens (tertiary/aromatic N) is 4. The normalized spacial score (nSPS) is 10.6. The monoisotopic (exact) mass is 478 g/mol. The zero-order chi connectivity index (χ0) is 24.9. The van der Waals surface area contributed by atoms with E-state index in [2.05, 4.69) is 25.7 Å². The number of carbonyl (C=O) groups is 2. The number of para-hydroxylation sites is 1. The van der Waals surface area contributed by atoms with Crippen LogP contribution >= 0.6 is 0 Å². The lowest BCUT2D eigenvalue weighted by Crippen LogP contribution is -2.18. The van der Waals surface area contributed by atoms with Crippen molar-refractivity contribution in [1.29, 1.82) is 0 Å². The third-order valence-electron chi connectivity index (χ3n) is 5.29.